The Bertz CT molecular complexity index is 676. The van der Waals surface area contributed by atoms with E-state index in [4.69, 9.17) is 9.84 Å². The molecule has 2 aromatic rings. The van der Waals surface area contributed by atoms with Crippen molar-refractivity contribution in [1.82, 2.24) is 20.0 Å². The molecule has 1 fully saturated rings. The second-order valence-corrected chi connectivity index (χ2v) is 7.22. The lowest BCUT2D eigenvalue weighted by Gasteiger charge is -2.41. The lowest BCUT2D eigenvalue weighted by molar-refractivity contribution is -0.0639. The van der Waals surface area contributed by atoms with Crippen molar-refractivity contribution in [2.45, 2.75) is 44.5 Å². The van der Waals surface area contributed by atoms with Gasteiger partial charge in [0.1, 0.15) is 0 Å². The molecule has 5 nitrogen and oxygen atoms in total. The van der Waals surface area contributed by atoms with E-state index in [0.717, 1.165) is 58.5 Å². The second-order valence-electron chi connectivity index (χ2n) is 7.22. The molecule has 150 valence electrons. The Balaban J connectivity index is 0.00000131. The molecule has 0 saturated carbocycles. The predicted octanol–water partition coefficient (Wildman–Crippen LogP) is 3.36. The van der Waals surface area contributed by atoms with E-state index in [-0.39, 0.29) is 30.4 Å². The molecule has 0 unspecified atom stereocenters. The van der Waals surface area contributed by atoms with Crippen LogP contribution in [0.2, 0.25) is 0 Å². The molecule has 27 heavy (non-hydrogen) atoms. The zero-order chi connectivity index (χ0) is 17.1. The molecule has 2 aliphatic rings. The largest absolute Gasteiger partial charge is 0.373 e. The van der Waals surface area contributed by atoms with Gasteiger partial charge in [0, 0.05) is 39.8 Å². The average molecular weight is 413 g/mol. The maximum atomic E-state index is 5.99. The van der Waals surface area contributed by atoms with Gasteiger partial charge in [0.05, 0.1) is 17.0 Å². The molecule has 0 bridgehead atoms. The Labute approximate surface area is 174 Å². The van der Waals surface area contributed by atoms with Crippen LogP contribution in [0.25, 0.3) is 0 Å². The van der Waals surface area contributed by atoms with Crippen molar-refractivity contribution in [3.63, 3.8) is 0 Å². The van der Waals surface area contributed by atoms with E-state index in [2.05, 4.69) is 51.3 Å². The zero-order valence-electron chi connectivity index (χ0n) is 15.9. The van der Waals surface area contributed by atoms with Gasteiger partial charge in [-0.2, -0.15) is 5.10 Å². The van der Waals surface area contributed by atoms with Crippen molar-refractivity contribution in [2.24, 2.45) is 0 Å². The molecule has 1 aromatic carbocycles. The molecule has 0 radical (unpaired) electrons. The fourth-order valence-corrected chi connectivity index (χ4v) is 4.15. The summed E-state index contributed by atoms with van der Waals surface area (Å²) in [6.07, 6.45) is 3.22. The van der Waals surface area contributed by atoms with E-state index in [0.29, 0.717) is 0 Å². The van der Waals surface area contributed by atoms with Crippen LogP contribution >= 0.6 is 24.8 Å². The van der Waals surface area contributed by atoms with Gasteiger partial charge < -0.3 is 10.1 Å². The highest BCUT2D eigenvalue weighted by atomic mass is 35.5. The van der Waals surface area contributed by atoms with Crippen molar-refractivity contribution in [3.8, 4) is 0 Å². The van der Waals surface area contributed by atoms with Crippen molar-refractivity contribution >= 4 is 24.8 Å². The molecule has 2 aliphatic heterocycles. The third-order valence-electron chi connectivity index (χ3n) is 5.68. The van der Waals surface area contributed by atoms with Crippen LogP contribution in [0.15, 0.2) is 36.4 Å². The van der Waals surface area contributed by atoms with Gasteiger partial charge in [0.15, 0.2) is 0 Å². The van der Waals surface area contributed by atoms with Crippen molar-refractivity contribution in [2.75, 3.05) is 26.7 Å². The normalized spacial score (nSPS) is 19.3. The predicted molar refractivity (Wildman–Crippen MR) is 113 cm³/mol. The van der Waals surface area contributed by atoms with Gasteiger partial charge in [-0.15, -0.1) is 24.8 Å². The molecule has 1 saturated heterocycles. The third-order valence-corrected chi connectivity index (χ3v) is 5.68. The highest BCUT2D eigenvalue weighted by molar-refractivity contribution is 5.85. The summed E-state index contributed by atoms with van der Waals surface area (Å²) in [7, 11) is 1.85. The third kappa shape index (κ3) is 4.84. The number of benzene rings is 1. The van der Waals surface area contributed by atoms with Gasteiger partial charge in [0.25, 0.3) is 0 Å². The number of nitrogens with one attached hydrogen (secondary N) is 1. The van der Waals surface area contributed by atoms with Gasteiger partial charge in [0.2, 0.25) is 0 Å². The fraction of sp³-hybridized carbons (Fsp3) is 0.550. The molecule has 4 rings (SSSR count). The van der Waals surface area contributed by atoms with Gasteiger partial charge in [-0.25, -0.2) is 0 Å². The van der Waals surface area contributed by atoms with Crippen LogP contribution < -0.4 is 5.32 Å². The average Bonchev–Trinajstić information content (AvgIpc) is 2.91. The zero-order valence-corrected chi connectivity index (χ0v) is 17.5. The minimum atomic E-state index is -0.132. The molecule has 7 heteroatoms. The van der Waals surface area contributed by atoms with Crippen LogP contribution in [-0.2, 0) is 30.0 Å². The quantitative estimate of drug-likeness (QED) is 0.835. The van der Waals surface area contributed by atoms with Gasteiger partial charge in [-0.05, 0) is 37.4 Å². The molecule has 0 spiro atoms. The number of likely N-dealkylation sites (tertiary alicyclic amines) is 1. The molecule has 0 atom stereocenters. The lowest BCUT2D eigenvalue weighted by atomic mass is 9.84. The summed E-state index contributed by atoms with van der Waals surface area (Å²) in [6.45, 7) is 6.08. The van der Waals surface area contributed by atoms with Crippen molar-refractivity contribution in [3.05, 3.63) is 53.3 Å². The van der Waals surface area contributed by atoms with E-state index < -0.39 is 0 Å². The molecule has 1 aromatic heterocycles. The van der Waals surface area contributed by atoms with Crippen molar-refractivity contribution < 1.29 is 4.74 Å². The highest BCUT2D eigenvalue weighted by Crippen LogP contribution is 2.36. The monoisotopic (exact) mass is 412 g/mol. The number of nitrogens with zero attached hydrogens (tertiary/aromatic N) is 3. The first-order valence-corrected chi connectivity index (χ1v) is 9.38. The Morgan fingerprint density at radius 2 is 1.85 bits per heavy atom. The summed E-state index contributed by atoms with van der Waals surface area (Å²) >= 11 is 0. The summed E-state index contributed by atoms with van der Waals surface area (Å²) in [6, 6.07) is 12.9. The summed E-state index contributed by atoms with van der Waals surface area (Å²) in [4.78, 5) is 2.51. The summed E-state index contributed by atoms with van der Waals surface area (Å²) in [5, 5.41) is 8.29. The Morgan fingerprint density at radius 1 is 1.11 bits per heavy atom. The number of aryl methyl sites for hydroxylation is 1. The van der Waals surface area contributed by atoms with E-state index in [1.54, 1.807) is 0 Å². The first kappa shape index (κ1) is 22.2. The smallest absolute Gasteiger partial charge is 0.0951 e. The summed E-state index contributed by atoms with van der Waals surface area (Å²) in [5.41, 5.74) is 3.69. The van der Waals surface area contributed by atoms with Crippen LogP contribution in [0.4, 0.5) is 0 Å². The van der Waals surface area contributed by atoms with Crippen LogP contribution in [0.5, 0.6) is 0 Å². The minimum absolute atomic E-state index is 0. The first-order valence-electron chi connectivity index (χ1n) is 9.38. The topological polar surface area (TPSA) is 42.3 Å². The van der Waals surface area contributed by atoms with Crippen LogP contribution in [-0.4, -0.2) is 41.4 Å². The number of hydrogen-bond donors (Lipinski definition) is 1. The van der Waals surface area contributed by atoms with E-state index in [1.165, 1.54) is 17.0 Å². The number of ether oxygens (including phenoxy) is 1. The second kappa shape index (κ2) is 9.89. The molecular formula is C20H30Cl2N4O. The van der Waals surface area contributed by atoms with E-state index >= 15 is 0 Å². The maximum absolute atomic E-state index is 5.99. The Kier molecular flexibility index (Phi) is 8.13. The summed E-state index contributed by atoms with van der Waals surface area (Å²) in [5.74, 6) is 0. The van der Waals surface area contributed by atoms with Crippen LogP contribution in [0, 0.1) is 0 Å². The SMILES string of the molecule is COC1(c2ccccc2)CCN(Cc2cc3n(n2)CCCNC3)CC1.Cl.Cl. The standard InChI is InChI=1S/C20H28N4O.2ClH/c1-25-20(17-6-3-2-4-7-17)8-12-23(13-9-20)16-18-14-19-15-21-10-5-11-24(19)22-18;;/h2-4,6-7,14,21H,5,8-13,15-16H2,1H3;2*1H. The Hall–Kier alpha value is -1.11. The molecule has 0 aliphatic carbocycles. The maximum Gasteiger partial charge on any atom is 0.0951 e. The molecule has 1 N–H and O–H groups in total. The number of hydrogen-bond acceptors (Lipinski definition) is 4. The number of rotatable bonds is 4. The van der Waals surface area contributed by atoms with Gasteiger partial charge in [-0.1, -0.05) is 30.3 Å². The molecule has 0 amide bonds. The number of methoxy groups -OCH3 is 1. The highest BCUT2D eigenvalue weighted by Gasteiger charge is 2.36. The van der Waals surface area contributed by atoms with Crippen LogP contribution in [0.3, 0.4) is 0 Å². The summed E-state index contributed by atoms with van der Waals surface area (Å²) < 4.78 is 8.17. The number of aromatic nitrogens is 2. The van der Waals surface area contributed by atoms with Gasteiger partial charge in [-0.3, -0.25) is 9.58 Å². The van der Waals surface area contributed by atoms with Gasteiger partial charge >= 0.3 is 0 Å². The number of fused-ring (bicyclic) bond motifs is 1. The Morgan fingerprint density at radius 3 is 2.56 bits per heavy atom. The fourth-order valence-electron chi connectivity index (χ4n) is 4.15. The molecular weight excluding hydrogens is 383 g/mol. The van der Waals surface area contributed by atoms with E-state index in [1.807, 2.05) is 7.11 Å². The number of piperidine rings is 1. The lowest BCUT2D eigenvalue weighted by Crippen LogP contribution is -2.43. The number of halogens is 2. The first-order chi connectivity index (χ1) is 12.3. The van der Waals surface area contributed by atoms with Crippen molar-refractivity contribution in [1.29, 1.82) is 0 Å². The minimum Gasteiger partial charge on any atom is -0.373 e. The van der Waals surface area contributed by atoms with Crippen LogP contribution in [0.1, 0.15) is 36.2 Å². The van der Waals surface area contributed by atoms with E-state index in [9.17, 15) is 0 Å². The molecule has 3 heterocycles.